The fraction of sp³-hybridized carbons (Fsp3) is 0.472. The molecule has 4 aromatic rings. The molecule has 0 radical (unpaired) electrons. The molecule has 1 saturated carbocycles. The average Bonchev–Trinajstić information content (AvgIpc) is 3.83. The second-order valence-corrected chi connectivity index (χ2v) is 13.3. The molecule has 7 rings (SSSR count). The Balaban J connectivity index is 1.05. The predicted molar refractivity (Wildman–Crippen MR) is 175 cm³/mol. The van der Waals surface area contributed by atoms with Gasteiger partial charge in [0.25, 0.3) is 0 Å². The second kappa shape index (κ2) is 13.5. The second-order valence-electron chi connectivity index (χ2n) is 13.3. The SMILES string of the molecule is CC[C@H]1CN(C(=O)Cc2ccc(CN3CCN(CCO)CC3)c(C(F)(F)F)c2)Cc2cc(Oc3ccnc4[nH]c(C5CC5)cc34)cnc21. The van der Waals surface area contributed by atoms with Crippen LogP contribution in [-0.4, -0.2) is 86.5 Å². The van der Waals surface area contributed by atoms with E-state index in [4.69, 9.17) is 9.72 Å². The number of ether oxygens (including phenoxy) is 1. The number of pyridine rings is 2. The lowest BCUT2D eigenvalue weighted by Crippen LogP contribution is -2.46. The molecule has 1 saturated heterocycles. The third kappa shape index (κ3) is 7.06. The average molecular weight is 663 g/mol. The lowest BCUT2D eigenvalue weighted by molar-refractivity contribution is -0.139. The number of aromatic amines is 1. The fourth-order valence-corrected chi connectivity index (χ4v) is 7.01. The molecule has 12 heteroatoms. The molecule has 9 nitrogen and oxygen atoms in total. The summed E-state index contributed by atoms with van der Waals surface area (Å²) in [4.78, 5) is 32.1. The van der Waals surface area contributed by atoms with E-state index in [1.165, 1.54) is 24.6 Å². The molecular formula is C36H41F3N6O3. The first-order valence-electron chi connectivity index (χ1n) is 16.8. The number of carbonyl (C=O) groups excluding carboxylic acids is 1. The Labute approximate surface area is 277 Å². The highest BCUT2D eigenvalue weighted by atomic mass is 19.4. The first-order valence-corrected chi connectivity index (χ1v) is 16.8. The van der Waals surface area contributed by atoms with E-state index < -0.39 is 11.7 Å². The van der Waals surface area contributed by atoms with Gasteiger partial charge in [-0.25, -0.2) is 4.98 Å². The molecular weight excluding hydrogens is 621 g/mol. The standard InChI is InChI=1S/C36H41F3N6O3/c1-2-24-21-45(22-27-17-28(19-41-34(24)27)48-32-7-8-40-35-29(32)18-31(42-35)25-5-6-25)33(47)16-23-3-4-26(30(15-23)36(37,38)39)20-44-11-9-43(10-12-44)13-14-46/h3-4,7-8,15,17-19,24-25,46H,2,5-6,9-14,16,20-22H2,1H3,(H,40,42)/t24-/m0/s1. The molecule has 3 aliphatic rings. The zero-order valence-corrected chi connectivity index (χ0v) is 27.1. The highest BCUT2D eigenvalue weighted by molar-refractivity contribution is 5.84. The Bertz CT molecular complexity index is 1780. The number of aliphatic hydroxyl groups is 1. The summed E-state index contributed by atoms with van der Waals surface area (Å²) in [5, 5.41) is 10.1. The molecule has 1 aromatic carbocycles. The van der Waals surface area contributed by atoms with Crippen molar-refractivity contribution in [3.63, 3.8) is 0 Å². The fourth-order valence-electron chi connectivity index (χ4n) is 7.01. The summed E-state index contributed by atoms with van der Waals surface area (Å²) in [6.45, 7) is 6.32. The van der Waals surface area contributed by atoms with E-state index in [1.54, 1.807) is 23.4 Å². The van der Waals surface area contributed by atoms with Crippen molar-refractivity contribution in [1.82, 2.24) is 29.7 Å². The largest absolute Gasteiger partial charge is 0.455 e. The minimum absolute atomic E-state index is 0.0103. The molecule has 0 bridgehead atoms. The molecule has 2 N–H and O–H groups in total. The lowest BCUT2D eigenvalue weighted by atomic mass is 9.92. The first kappa shape index (κ1) is 32.5. The van der Waals surface area contributed by atoms with E-state index in [0.29, 0.717) is 68.8 Å². The quantitative estimate of drug-likeness (QED) is 0.221. The Hall–Kier alpha value is -4.00. The first-order chi connectivity index (χ1) is 23.2. The van der Waals surface area contributed by atoms with Crippen LogP contribution in [0.5, 0.6) is 11.5 Å². The minimum atomic E-state index is -4.53. The summed E-state index contributed by atoms with van der Waals surface area (Å²) >= 11 is 0. The number of H-pyrrole nitrogens is 1. The summed E-state index contributed by atoms with van der Waals surface area (Å²) < 4.78 is 49.0. The number of amides is 1. The van der Waals surface area contributed by atoms with E-state index in [-0.39, 0.29) is 37.0 Å². The number of aromatic nitrogens is 3. The molecule has 254 valence electrons. The van der Waals surface area contributed by atoms with Crippen LogP contribution in [0.4, 0.5) is 13.2 Å². The van der Waals surface area contributed by atoms with Crippen molar-refractivity contribution < 1.29 is 27.8 Å². The number of rotatable bonds is 10. The molecule has 1 aliphatic carbocycles. The number of hydrogen-bond acceptors (Lipinski definition) is 7. The zero-order valence-electron chi connectivity index (χ0n) is 27.1. The number of nitrogens with one attached hydrogen (secondary N) is 1. The molecule has 2 fully saturated rings. The number of hydrogen-bond donors (Lipinski definition) is 2. The molecule has 1 atom stereocenters. The van der Waals surface area contributed by atoms with Gasteiger partial charge < -0.3 is 19.7 Å². The van der Waals surface area contributed by atoms with Crippen LogP contribution in [0.25, 0.3) is 11.0 Å². The third-order valence-electron chi connectivity index (χ3n) is 9.88. The number of halogens is 3. The maximum absolute atomic E-state index is 14.2. The van der Waals surface area contributed by atoms with Crippen LogP contribution < -0.4 is 4.74 Å². The van der Waals surface area contributed by atoms with Crippen molar-refractivity contribution in [2.45, 2.75) is 63.7 Å². The number of fused-ring (bicyclic) bond motifs is 2. The number of nitrogens with zero attached hydrogens (tertiary/aromatic N) is 5. The van der Waals surface area contributed by atoms with Gasteiger partial charge in [-0.15, -0.1) is 0 Å². The van der Waals surface area contributed by atoms with Crippen LogP contribution in [0.2, 0.25) is 0 Å². The number of benzene rings is 1. The third-order valence-corrected chi connectivity index (χ3v) is 9.88. The van der Waals surface area contributed by atoms with Crippen molar-refractivity contribution in [2.24, 2.45) is 0 Å². The summed E-state index contributed by atoms with van der Waals surface area (Å²) in [5.74, 6) is 1.57. The Morgan fingerprint density at radius 2 is 1.85 bits per heavy atom. The van der Waals surface area contributed by atoms with Crippen LogP contribution >= 0.6 is 0 Å². The van der Waals surface area contributed by atoms with Crippen LogP contribution in [0, 0.1) is 0 Å². The number of β-amino-alcohol motifs (C(OH)–C–C–N with tert-alkyl or cyclic N) is 1. The molecule has 3 aromatic heterocycles. The van der Waals surface area contributed by atoms with Crippen LogP contribution in [0.15, 0.2) is 48.8 Å². The zero-order chi connectivity index (χ0) is 33.4. The van der Waals surface area contributed by atoms with E-state index in [1.807, 2.05) is 24.0 Å². The monoisotopic (exact) mass is 662 g/mol. The molecule has 5 heterocycles. The summed E-state index contributed by atoms with van der Waals surface area (Å²) in [7, 11) is 0. The van der Waals surface area contributed by atoms with Gasteiger partial charge in [-0.05, 0) is 66.1 Å². The van der Waals surface area contributed by atoms with Crippen LogP contribution in [-0.2, 0) is 30.5 Å². The van der Waals surface area contributed by atoms with Crippen molar-refractivity contribution in [1.29, 1.82) is 0 Å². The van der Waals surface area contributed by atoms with Crippen molar-refractivity contribution in [3.8, 4) is 11.5 Å². The highest BCUT2D eigenvalue weighted by Crippen LogP contribution is 2.42. The smallest absolute Gasteiger partial charge is 0.416 e. The van der Waals surface area contributed by atoms with Crippen molar-refractivity contribution in [2.75, 3.05) is 45.9 Å². The number of aliphatic hydroxyl groups excluding tert-OH is 1. The lowest BCUT2D eigenvalue weighted by Gasteiger charge is -2.35. The molecule has 0 unspecified atom stereocenters. The van der Waals surface area contributed by atoms with Gasteiger partial charge in [0.1, 0.15) is 17.1 Å². The van der Waals surface area contributed by atoms with Gasteiger partial charge in [-0.2, -0.15) is 13.2 Å². The van der Waals surface area contributed by atoms with Gasteiger partial charge in [0.2, 0.25) is 5.91 Å². The van der Waals surface area contributed by atoms with Gasteiger partial charge in [0, 0.05) is 70.2 Å². The van der Waals surface area contributed by atoms with E-state index >= 15 is 0 Å². The number of carbonyl (C=O) groups is 1. The van der Waals surface area contributed by atoms with Gasteiger partial charge >= 0.3 is 6.18 Å². The number of piperazine rings is 1. The summed E-state index contributed by atoms with van der Waals surface area (Å²) in [5.41, 5.74) is 3.61. The Kier molecular flexibility index (Phi) is 9.14. The summed E-state index contributed by atoms with van der Waals surface area (Å²) in [6, 6.07) is 10.2. The van der Waals surface area contributed by atoms with Crippen molar-refractivity contribution in [3.05, 3.63) is 82.4 Å². The highest BCUT2D eigenvalue weighted by Gasteiger charge is 2.35. The van der Waals surface area contributed by atoms with Gasteiger partial charge in [0.05, 0.1) is 35.9 Å². The van der Waals surface area contributed by atoms with Crippen LogP contribution in [0.3, 0.4) is 0 Å². The minimum Gasteiger partial charge on any atom is -0.455 e. The van der Waals surface area contributed by atoms with E-state index in [2.05, 4.69) is 20.9 Å². The van der Waals surface area contributed by atoms with E-state index in [9.17, 15) is 23.1 Å². The van der Waals surface area contributed by atoms with Crippen molar-refractivity contribution >= 4 is 16.9 Å². The van der Waals surface area contributed by atoms with Gasteiger partial charge in [0.15, 0.2) is 0 Å². The maximum atomic E-state index is 14.2. The van der Waals surface area contributed by atoms with Gasteiger partial charge in [-0.1, -0.05) is 19.1 Å². The maximum Gasteiger partial charge on any atom is 0.416 e. The van der Waals surface area contributed by atoms with E-state index in [0.717, 1.165) is 34.8 Å². The van der Waals surface area contributed by atoms with Crippen LogP contribution in [0.1, 0.15) is 71.7 Å². The topological polar surface area (TPSA) is 97.8 Å². The molecule has 0 spiro atoms. The predicted octanol–water partition coefficient (Wildman–Crippen LogP) is 5.83. The van der Waals surface area contributed by atoms with Gasteiger partial charge in [-0.3, -0.25) is 19.6 Å². The molecule has 48 heavy (non-hydrogen) atoms. The normalized spacial score (nSPS) is 19.1. The Morgan fingerprint density at radius 1 is 1.06 bits per heavy atom. The molecule has 2 aliphatic heterocycles. The number of alkyl halides is 3. The Morgan fingerprint density at radius 3 is 2.58 bits per heavy atom. The summed E-state index contributed by atoms with van der Waals surface area (Å²) in [6.07, 6.45) is 1.88. The molecule has 1 amide bonds.